The summed E-state index contributed by atoms with van der Waals surface area (Å²) in [4.78, 5) is 4.00. The van der Waals surface area contributed by atoms with Crippen molar-refractivity contribution in [1.29, 1.82) is 0 Å². The summed E-state index contributed by atoms with van der Waals surface area (Å²) in [6, 6.07) is 5.46. The number of fused-ring (bicyclic) bond motifs is 2. The number of halogens is 1. The van der Waals surface area contributed by atoms with Crippen LogP contribution in [0.25, 0.3) is 16.3 Å². The molecule has 2 aromatic heterocycles. The fourth-order valence-electron chi connectivity index (χ4n) is 4.04. The van der Waals surface area contributed by atoms with E-state index in [1.165, 1.54) is 11.3 Å². The molecular weight excluding hydrogens is 381 g/mol. The smallest absolute Gasteiger partial charge is 0.294 e. The number of piperidine rings is 2. The van der Waals surface area contributed by atoms with Gasteiger partial charge >= 0.3 is 0 Å². The number of nitrogens with zero attached hydrogens (tertiary/aromatic N) is 4. The minimum absolute atomic E-state index is 0.0914. The lowest BCUT2D eigenvalue weighted by Gasteiger charge is -2.42. The maximum atomic E-state index is 14.7. The Morgan fingerprint density at radius 3 is 3.04 bits per heavy atom. The molecule has 2 N–H and O–H groups in total. The average molecular weight is 401 g/mol. The van der Waals surface area contributed by atoms with Crippen LogP contribution in [-0.4, -0.2) is 49.2 Å². The van der Waals surface area contributed by atoms with E-state index in [-0.39, 0.29) is 11.8 Å². The Hall–Kier alpha value is -2.52. The number of nitrogens with one attached hydrogen (secondary N) is 1. The van der Waals surface area contributed by atoms with Crippen LogP contribution in [-0.2, 0) is 0 Å². The van der Waals surface area contributed by atoms with Gasteiger partial charge in [-0.15, -0.1) is 5.10 Å². The second kappa shape index (κ2) is 7.14. The molecular formula is C19H20FN5O2S. The van der Waals surface area contributed by atoms with Gasteiger partial charge in [-0.2, -0.15) is 0 Å². The first kappa shape index (κ1) is 17.6. The lowest BCUT2D eigenvalue weighted by atomic mass is 9.84. The van der Waals surface area contributed by atoms with E-state index in [1.807, 2.05) is 6.07 Å². The number of hydrogen-bond donors (Lipinski definition) is 2. The van der Waals surface area contributed by atoms with Gasteiger partial charge in [0.05, 0.1) is 17.6 Å². The molecule has 0 aliphatic carbocycles. The molecule has 4 atom stereocenters. The summed E-state index contributed by atoms with van der Waals surface area (Å²) >= 11 is 1.22. The zero-order valence-corrected chi connectivity index (χ0v) is 15.8. The van der Waals surface area contributed by atoms with Gasteiger partial charge in [0.2, 0.25) is 0 Å². The van der Waals surface area contributed by atoms with Crippen LogP contribution in [0.1, 0.15) is 25.7 Å². The van der Waals surface area contributed by atoms with Crippen molar-refractivity contribution in [3.8, 4) is 27.2 Å². The van der Waals surface area contributed by atoms with E-state index >= 15 is 0 Å². The number of phenolic OH excluding ortho intramolecular Hbond substituents is 1. The quantitative estimate of drug-likeness (QED) is 0.699. The van der Waals surface area contributed by atoms with Gasteiger partial charge in [0.1, 0.15) is 11.9 Å². The van der Waals surface area contributed by atoms with Gasteiger partial charge in [-0.3, -0.25) is 0 Å². The van der Waals surface area contributed by atoms with Crippen molar-refractivity contribution in [3.05, 3.63) is 36.9 Å². The molecule has 1 aromatic carbocycles. The van der Waals surface area contributed by atoms with E-state index in [2.05, 4.69) is 20.5 Å². The first-order valence-corrected chi connectivity index (χ1v) is 10.2. The molecule has 3 aromatic rings. The fraction of sp³-hybridized carbons (Fsp3) is 0.421. The number of alkyl halides is 1. The molecule has 0 saturated carbocycles. The fourth-order valence-corrected chi connectivity index (χ4v) is 4.83. The Morgan fingerprint density at radius 2 is 2.21 bits per heavy atom. The van der Waals surface area contributed by atoms with Crippen molar-refractivity contribution in [3.63, 3.8) is 0 Å². The van der Waals surface area contributed by atoms with Gasteiger partial charge in [-0.25, -0.2) is 9.37 Å². The van der Waals surface area contributed by atoms with Crippen molar-refractivity contribution in [2.24, 2.45) is 0 Å². The van der Waals surface area contributed by atoms with Crippen molar-refractivity contribution in [2.45, 2.75) is 50.0 Å². The first-order chi connectivity index (χ1) is 13.7. The molecule has 0 amide bonds. The van der Waals surface area contributed by atoms with Crippen LogP contribution in [0, 0.1) is 0 Å². The molecule has 2 aliphatic heterocycles. The zero-order valence-electron chi connectivity index (χ0n) is 15.0. The van der Waals surface area contributed by atoms with Gasteiger partial charge < -0.3 is 19.7 Å². The summed E-state index contributed by atoms with van der Waals surface area (Å²) in [7, 11) is 0. The third-order valence-corrected chi connectivity index (χ3v) is 6.29. The highest BCUT2D eigenvalue weighted by Crippen LogP contribution is 2.37. The van der Waals surface area contributed by atoms with Crippen LogP contribution in [0.5, 0.6) is 10.9 Å². The molecule has 9 heteroatoms. The molecule has 4 heterocycles. The summed E-state index contributed by atoms with van der Waals surface area (Å²) in [5, 5.41) is 22.8. The summed E-state index contributed by atoms with van der Waals surface area (Å²) in [5.41, 5.74) is 1.36. The number of benzene rings is 1. The summed E-state index contributed by atoms with van der Waals surface area (Å²) in [6.07, 6.45) is 7.18. The van der Waals surface area contributed by atoms with Gasteiger partial charge in [0, 0.05) is 37.0 Å². The lowest BCUT2D eigenvalue weighted by molar-refractivity contribution is 0.00888. The Morgan fingerprint density at radius 1 is 1.29 bits per heavy atom. The van der Waals surface area contributed by atoms with Crippen LogP contribution in [0.4, 0.5) is 4.39 Å². The average Bonchev–Trinajstić information content (AvgIpc) is 3.38. The number of aromatic nitrogens is 4. The van der Waals surface area contributed by atoms with E-state index in [0.29, 0.717) is 28.2 Å². The number of imidazole rings is 1. The van der Waals surface area contributed by atoms with E-state index in [9.17, 15) is 9.50 Å². The van der Waals surface area contributed by atoms with Gasteiger partial charge in [0.25, 0.3) is 5.19 Å². The highest BCUT2D eigenvalue weighted by atomic mass is 32.1. The number of aromatic hydroxyl groups is 1. The first-order valence-electron chi connectivity index (χ1n) is 9.39. The normalized spacial score (nSPS) is 26.9. The van der Waals surface area contributed by atoms with E-state index < -0.39 is 12.3 Å². The zero-order chi connectivity index (χ0) is 19.1. The molecule has 0 spiro atoms. The largest absolute Gasteiger partial charge is 0.507 e. The number of hydrogen-bond acceptors (Lipinski definition) is 7. The molecule has 5 rings (SSSR count). The number of ether oxygens (including phenoxy) is 1. The standard InChI is InChI=1S/C19H20FN5O2S/c20-17-14-3-1-2-11(22-14)8-16(17)27-19-24-23-18(28-19)13-5-4-12(9-15(13)26)25-7-6-21-10-25/h4-7,9-11,14,16-17,22,26H,1-3,8H2/t11-,14+,16-,17+/m0/s1. The molecule has 0 radical (unpaired) electrons. The second-order valence-corrected chi connectivity index (χ2v) is 8.22. The van der Waals surface area contributed by atoms with Crippen molar-refractivity contribution in [2.75, 3.05) is 0 Å². The molecule has 0 unspecified atom stereocenters. The lowest BCUT2D eigenvalue weighted by Crippen LogP contribution is -2.58. The van der Waals surface area contributed by atoms with Crippen molar-refractivity contribution < 1.29 is 14.2 Å². The van der Waals surface area contributed by atoms with Crippen molar-refractivity contribution in [1.82, 2.24) is 25.1 Å². The third-order valence-electron chi connectivity index (χ3n) is 5.45. The van der Waals surface area contributed by atoms with E-state index in [4.69, 9.17) is 4.74 Å². The molecule has 146 valence electrons. The van der Waals surface area contributed by atoms with Crippen molar-refractivity contribution >= 4 is 11.3 Å². The highest BCUT2D eigenvalue weighted by Gasteiger charge is 2.41. The molecule has 2 bridgehead atoms. The second-order valence-electron chi connectivity index (χ2n) is 7.28. The topological polar surface area (TPSA) is 85.1 Å². The Kier molecular flexibility index (Phi) is 4.48. The number of rotatable bonds is 4. The van der Waals surface area contributed by atoms with Gasteiger partial charge in [0.15, 0.2) is 11.2 Å². The van der Waals surface area contributed by atoms with Gasteiger partial charge in [-0.1, -0.05) is 22.9 Å². The van der Waals surface area contributed by atoms with Gasteiger partial charge in [-0.05, 0) is 25.0 Å². The molecule has 7 nitrogen and oxygen atoms in total. The predicted octanol–water partition coefficient (Wildman–Crippen LogP) is 3.10. The SMILES string of the molecule is Oc1cc(-n2ccnc2)ccc1-c1nnc(O[C@H]2C[C@@H]3CCC[C@@H](N3)[C@H]2F)s1. The summed E-state index contributed by atoms with van der Waals surface area (Å²) in [5.74, 6) is 0.0914. The highest BCUT2D eigenvalue weighted by molar-refractivity contribution is 7.16. The maximum absolute atomic E-state index is 14.7. The maximum Gasteiger partial charge on any atom is 0.294 e. The van der Waals surface area contributed by atoms with Crippen LogP contribution < -0.4 is 10.1 Å². The van der Waals surface area contributed by atoms with E-state index in [1.54, 1.807) is 35.4 Å². The van der Waals surface area contributed by atoms with Crippen LogP contribution in [0.2, 0.25) is 0 Å². The molecule has 28 heavy (non-hydrogen) atoms. The summed E-state index contributed by atoms with van der Waals surface area (Å²) < 4.78 is 22.4. The minimum Gasteiger partial charge on any atom is -0.507 e. The van der Waals surface area contributed by atoms with E-state index in [0.717, 1.165) is 24.9 Å². The minimum atomic E-state index is -1.05. The number of phenols is 1. The van der Waals surface area contributed by atoms with Crippen LogP contribution in [0.15, 0.2) is 36.9 Å². The Bertz CT molecular complexity index is 963. The molecule has 2 aliphatic rings. The molecule has 2 saturated heterocycles. The Balaban J connectivity index is 1.34. The van der Waals surface area contributed by atoms with Crippen LogP contribution >= 0.6 is 11.3 Å². The predicted molar refractivity (Wildman–Crippen MR) is 103 cm³/mol. The third kappa shape index (κ3) is 3.24. The Labute approximate surface area is 165 Å². The summed E-state index contributed by atoms with van der Waals surface area (Å²) in [6.45, 7) is 0. The molecule has 2 fully saturated rings. The monoisotopic (exact) mass is 401 g/mol. The van der Waals surface area contributed by atoms with Crippen LogP contribution in [0.3, 0.4) is 0 Å².